The second-order valence-corrected chi connectivity index (χ2v) is 6.67. The number of hydrogen-bond donors (Lipinski definition) is 1. The molecule has 4 nitrogen and oxygen atoms in total. The van der Waals surface area contributed by atoms with Crippen LogP contribution in [0.25, 0.3) is 0 Å². The van der Waals surface area contributed by atoms with Crippen LogP contribution in [0.4, 0.5) is 10.1 Å². The van der Waals surface area contributed by atoms with Crippen molar-refractivity contribution in [1.29, 1.82) is 0 Å². The third-order valence-corrected chi connectivity index (χ3v) is 4.72. The monoisotopic (exact) mass is 355 g/mol. The quantitative estimate of drug-likeness (QED) is 0.864. The van der Waals surface area contributed by atoms with Gasteiger partial charge in [-0.3, -0.25) is 9.69 Å². The van der Waals surface area contributed by atoms with Gasteiger partial charge in [0, 0.05) is 44.8 Å². The molecular weight excluding hydrogens is 329 g/mol. The Morgan fingerprint density at radius 2 is 1.73 bits per heavy atom. The Balaban J connectivity index is 1.51. The van der Waals surface area contributed by atoms with Gasteiger partial charge in [0.1, 0.15) is 5.82 Å². The number of carbonyl (C=O) groups excluding carboxylic acids is 1. The van der Waals surface area contributed by atoms with Crippen molar-refractivity contribution < 1.29 is 9.18 Å². The fourth-order valence-corrected chi connectivity index (χ4v) is 3.22. The van der Waals surface area contributed by atoms with Crippen molar-refractivity contribution in [2.45, 2.75) is 19.9 Å². The number of amides is 1. The number of nitrogens with zero attached hydrogens (tertiary/aromatic N) is 2. The first-order valence-corrected chi connectivity index (χ1v) is 9.26. The van der Waals surface area contributed by atoms with E-state index in [0.29, 0.717) is 17.8 Å². The van der Waals surface area contributed by atoms with Crippen LogP contribution in [0.2, 0.25) is 0 Å². The summed E-state index contributed by atoms with van der Waals surface area (Å²) in [6.45, 7) is 7.02. The Labute approximate surface area is 154 Å². The Bertz CT molecular complexity index is 724. The molecule has 138 valence electrons. The number of carbonyl (C=O) groups is 1. The smallest absolute Gasteiger partial charge is 0.251 e. The predicted octanol–water partition coefficient (Wildman–Crippen LogP) is 3.29. The van der Waals surface area contributed by atoms with Gasteiger partial charge >= 0.3 is 0 Å². The molecule has 1 amide bonds. The highest BCUT2D eigenvalue weighted by molar-refractivity contribution is 5.94. The molecule has 1 fully saturated rings. The molecule has 0 unspecified atom stereocenters. The van der Waals surface area contributed by atoms with Gasteiger partial charge in [-0.1, -0.05) is 31.2 Å². The number of halogens is 1. The summed E-state index contributed by atoms with van der Waals surface area (Å²) in [5.74, 6) is -0.171. The molecule has 1 aliphatic rings. The van der Waals surface area contributed by atoms with E-state index in [-0.39, 0.29) is 11.7 Å². The first-order valence-electron chi connectivity index (χ1n) is 9.26. The average molecular weight is 355 g/mol. The molecule has 0 atom stereocenters. The molecule has 0 bridgehead atoms. The van der Waals surface area contributed by atoms with Gasteiger partial charge in [-0.05, 0) is 36.2 Å². The van der Waals surface area contributed by atoms with Crippen LogP contribution < -0.4 is 10.2 Å². The topological polar surface area (TPSA) is 35.6 Å². The van der Waals surface area contributed by atoms with Gasteiger partial charge < -0.3 is 10.2 Å². The summed E-state index contributed by atoms with van der Waals surface area (Å²) in [5.41, 5.74) is 2.58. The van der Waals surface area contributed by atoms with Gasteiger partial charge in [0.25, 0.3) is 5.91 Å². The highest BCUT2D eigenvalue weighted by Gasteiger charge is 2.19. The van der Waals surface area contributed by atoms with Crippen molar-refractivity contribution in [2.24, 2.45) is 0 Å². The number of hydrogen-bond acceptors (Lipinski definition) is 3. The summed E-state index contributed by atoms with van der Waals surface area (Å²) in [5, 5.41) is 2.89. The number of nitrogens with one attached hydrogen (secondary N) is 1. The van der Waals surface area contributed by atoms with Crippen molar-refractivity contribution >= 4 is 11.6 Å². The average Bonchev–Trinajstić information content (AvgIpc) is 2.68. The van der Waals surface area contributed by atoms with Crippen LogP contribution in [0.5, 0.6) is 0 Å². The number of rotatable bonds is 6. The molecule has 0 saturated carbocycles. The van der Waals surface area contributed by atoms with E-state index in [1.54, 1.807) is 6.07 Å². The molecule has 1 heterocycles. The largest absolute Gasteiger partial charge is 0.367 e. The minimum Gasteiger partial charge on any atom is -0.367 e. The molecule has 1 N–H and O–H groups in total. The lowest BCUT2D eigenvalue weighted by Crippen LogP contribution is -2.46. The number of piperazine rings is 1. The van der Waals surface area contributed by atoms with Gasteiger partial charge in [-0.15, -0.1) is 0 Å². The van der Waals surface area contributed by atoms with E-state index in [9.17, 15) is 9.18 Å². The second-order valence-electron chi connectivity index (χ2n) is 6.67. The van der Waals surface area contributed by atoms with Crippen molar-refractivity contribution in [3.05, 3.63) is 65.5 Å². The van der Waals surface area contributed by atoms with Crippen LogP contribution in [0, 0.1) is 5.82 Å². The maximum atomic E-state index is 13.9. The molecule has 2 aromatic carbocycles. The van der Waals surface area contributed by atoms with Gasteiger partial charge in [-0.2, -0.15) is 0 Å². The summed E-state index contributed by atoms with van der Waals surface area (Å²) < 4.78 is 13.9. The Morgan fingerprint density at radius 3 is 2.38 bits per heavy atom. The molecule has 26 heavy (non-hydrogen) atoms. The third kappa shape index (κ3) is 4.61. The summed E-state index contributed by atoms with van der Waals surface area (Å²) in [7, 11) is 0. The maximum Gasteiger partial charge on any atom is 0.251 e. The zero-order chi connectivity index (χ0) is 18.4. The van der Waals surface area contributed by atoms with E-state index < -0.39 is 0 Å². The molecule has 5 heteroatoms. The summed E-state index contributed by atoms with van der Waals surface area (Å²) in [6, 6.07) is 14.8. The minimum absolute atomic E-state index is 0.0168. The van der Waals surface area contributed by atoms with E-state index in [1.807, 2.05) is 43.3 Å². The van der Waals surface area contributed by atoms with Crippen molar-refractivity contribution in [3.63, 3.8) is 0 Å². The summed E-state index contributed by atoms with van der Waals surface area (Å²) >= 11 is 0. The first kappa shape index (κ1) is 18.4. The van der Waals surface area contributed by atoms with E-state index in [1.165, 1.54) is 11.6 Å². The fourth-order valence-electron chi connectivity index (χ4n) is 3.22. The van der Waals surface area contributed by atoms with Crippen LogP contribution in [-0.4, -0.2) is 43.5 Å². The van der Waals surface area contributed by atoms with Crippen molar-refractivity contribution in [1.82, 2.24) is 10.2 Å². The molecule has 1 saturated heterocycles. The molecule has 0 aromatic heterocycles. The number of benzene rings is 2. The lowest BCUT2D eigenvalue weighted by molar-refractivity contribution is 0.0953. The van der Waals surface area contributed by atoms with Gasteiger partial charge in [-0.25, -0.2) is 4.39 Å². The SMILES string of the molecule is CCCNC(=O)c1ccc(CN2CCN(c3ccccc3F)CC2)cc1. The van der Waals surface area contributed by atoms with Crippen LogP contribution in [0.3, 0.4) is 0 Å². The van der Waals surface area contributed by atoms with Crippen molar-refractivity contribution in [2.75, 3.05) is 37.6 Å². The van der Waals surface area contributed by atoms with Crippen LogP contribution in [0.15, 0.2) is 48.5 Å². The zero-order valence-electron chi connectivity index (χ0n) is 15.2. The lowest BCUT2D eigenvalue weighted by atomic mass is 10.1. The van der Waals surface area contributed by atoms with Crippen LogP contribution >= 0.6 is 0 Å². The molecule has 0 spiro atoms. The fraction of sp³-hybridized carbons (Fsp3) is 0.381. The van der Waals surface area contributed by atoms with E-state index in [0.717, 1.165) is 39.1 Å². The molecular formula is C21H26FN3O. The Kier molecular flexibility index (Phi) is 6.23. The van der Waals surface area contributed by atoms with Crippen LogP contribution in [0.1, 0.15) is 29.3 Å². The lowest BCUT2D eigenvalue weighted by Gasteiger charge is -2.36. The molecule has 2 aromatic rings. The number of anilines is 1. The summed E-state index contributed by atoms with van der Waals surface area (Å²) in [6.07, 6.45) is 0.933. The molecule has 0 aliphatic carbocycles. The maximum absolute atomic E-state index is 13.9. The number of para-hydroxylation sites is 1. The third-order valence-electron chi connectivity index (χ3n) is 4.72. The Morgan fingerprint density at radius 1 is 1.04 bits per heavy atom. The van der Waals surface area contributed by atoms with Gasteiger partial charge in [0.15, 0.2) is 0 Å². The highest BCUT2D eigenvalue weighted by atomic mass is 19.1. The highest BCUT2D eigenvalue weighted by Crippen LogP contribution is 2.20. The van der Waals surface area contributed by atoms with E-state index >= 15 is 0 Å². The van der Waals surface area contributed by atoms with Crippen LogP contribution in [-0.2, 0) is 6.54 Å². The first-order chi connectivity index (χ1) is 12.7. The van der Waals surface area contributed by atoms with Crippen molar-refractivity contribution in [3.8, 4) is 0 Å². The standard InChI is InChI=1S/C21H26FN3O/c1-2-11-23-21(26)18-9-7-17(8-10-18)16-24-12-14-25(15-13-24)20-6-4-3-5-19(20)22/h3-10H,2,11-16H2,1H3,(H,23,26). The van der Waals surface area contributed by atoms with Gasteiger partial charge in [0.05, 0.1) is 5.69 Å². The zero-order valence-corrected chi connectivity index (χ0v) is 15.2. The Hall–Kier alpha value is -2.40. The van der Waals surface area contributed by atoms with E-state index in [2.05, 4.69) is 15.1 Å². The predicted molar refractivity (Wildman–Crippen MR) is 103 cm³/mol. The summed E-state index contributed by atoms with van der Waals surface area (Å²) in [4.78, 5) is 16.4. The molecule has 3 rings (SSSR count). The second kappa shape index (κ2) is 8.81. The van der Waals surface area contributed by atoms with Gasteiger partial charge in [0.2, 0.25) is 0 Å². The normalized spacial score (nSPS) is 15.1. The molecule has 0 radical (unpaired) electrons. The van der Waals surface area contributed by atoms with E-state index in [4.69, 9.17) is 0 Å². The minimum atomic E-state index is -0.155. The molecule has 1 aliphatic heterocycles.